The van der Waals surface area contributed by atoms with Gasteiger partial charge in [0, 0.05) is 31.7 Å². The number of morpholine rings is 1. The van der Waals surface area contributed by atoms with Gasteiger partial charge in [-0.2, -0.15) is 0 Å². The van der Waals surface area contributed by atoms with Gasteiger partial charge in [-0.3, -0.25) is 19.3 Å². The number of imide groups is 1. The maximum atomic E-state index is 13.5. The third-order valence-electron chi connectivity index (χ3n) is 6.24. The Balaban J connectivity index is 1.59. The summed E-state index contributed by atoms with van der Waals surface area (Å²) in [6.45, 7) is 5.41. The third-order valence-corrected chi connectivity index (χ3v) is 7.17. The summed E-state index contributed by atoms with van der Waals surface area (Å²) in [4.78, 5) is 44.3. The third kappa shape index (κ3) is 5.59. The van der Waals surface area contributed by atoms with Crippen molar-refractivity contribution in [1.29, 1.82) is 0 Å². The van der Waals surface area contributed by atoms with Gasteiger partial charge in [-0.1, -0.05) is 17.7 Å². The molecule has 2 N–H and O–H groups in total. The highest BCUT2D eigenvalue weighted by atomic mass is 32.2. The number of sulfonamides is 1. The van der Waals surface area contributed by atoms with Gasteiger partial charge in [0.25, 0.3) is 11.8 Å². The van der Waals surface area contributed by atoms with Gasteiger partial charge >= 0.3 is 0 Å². The Kier molecular flexibility index (Phi) is 7.31. The van der Waals surface area contributed by atoms with Crippen molar-refractivity contribution >= 4 is 33.4 Å². The van der Waals surface area contributed by atoms with Crippen LogP contribution in [0.15, 0.2) is 53.4 Å². The number of amides is 3. The summed E-state index contributed by atoms with van der Waals surface area (Å²) < 4.78 is 28.5. The lowest BCUT2D eigenvalue weighted by Gasteiger charge is -2.32. The van der Waals surface area contributed by atoms with Crippen LogP contribution < -0.4 is 10.0 Å². The molecule has 35 heavy (non-hydrogen) atoms. The lowest BCUT2D eigenvalue weighted by Crippen LogP contribution is -2.49. The molecule has 2 saturated heterocycles. The Morgan fingerprint density at radius 2 is 1.69 bits per heavy atom. The number of hydrogen-bond acceptors (Lipinski definition) is 7. The number of hydrogen-bond donors (Lipinski definition) is 1. The minimum absolute atomic E-state index is 0.126. The van der Waals surface area contributed by atoms with E-state index in [1.807, 2.05) is 19.1 Å². The van der Waals surface area contributed by atoms with E-state index in [2.05, 4.69) is 4.90 Å². The Bertz CT molecular complexity index is 1210. The second-order valence-corrected chi connectivity index (χ2v) is 10.2. The molecule has 10 nitrogen and oxygen atoms in total. The molecular weight excluding hydrogens is 472 g/mol. The molecular formula is C24H28N4O6S. The minimum atomic E-state index is -3.91. The Morgan fingerprint density at radius 1 is 1.06 bits per heavy atom. The Hall–Kier alpha value is -3.12. The summed E-state index contributed by atoms with van der Waals surface area (Å²) in [5, 5.41) is 5.14. The summed E-state index contributed by atoms with van der Waals surface area (Å²) >= 11 is 0. The maximum absolute atomic E-state index is 13.5. The highest BCUT2D eigenvalue weighted by molar-refractivity contribution is 7.89. The summed E-state index contributed by atoms with van der Waals surface area (Å²) in [5.74, 6) is -1.31. The van der Waals surface area contributed by atoms with Crippen molar-refractivity contribution in [1.82, 2.24) is 9.80 Å². The van der Waals surface area contributed by atoms with E-state index in [0.29, 0.717) is 25.3 Å². The number of aryl methyl sites for hydroxylation is 1. The average molecular weight is 501 g/mol. The number of carbonyl (C=O) groups excluding carboxylic acids is 3. The smallest absolute Gasteiger partial charge is 0.257 e. The van der Waals surface area contributed by atoms with Crippen molar-refractivity contribution < 1.29 is 27.5 Å². The molecule has 2 aliphatic rings. The molecule has 11 heteroatoms. The summed E-state index contributed by atoms with van der Waals surface area (Å²) in [6.07, 6.45) is -0.156. The van der Waals surface area contributed by atoms with Gasteiger partial charge < -0.3 is 9.64 Å². The van der Waals surface area contributed by atoms with Crippen molar-refractivity contribution in [3.8, 4) is 0 Å². The molecule has 2 fully saturated rings. The quantitative estimate of drug-likeness (QED) is 0.555. The van der Waals surface area contributed by atoms with Crippen LogP contribution in [0.25, 0.3) is 0 Å². The lowest BCUT2D eigenvalue weighted by molar-refractivity contribution is -0.122. The first-order valence-corrected chi connectivity index (χ1v) is 12.9. The van der Waals surface area contributed by atoms with Crippen LogP contribution in [0.3, 0.4) is 0 Å². The Morgan fingerprint density at radius 3 is 2.29 bits per heavy atom. The molecule has 0 bridgehead atoms. The second-order valence-electron chi connectivity index (χ2n) is 8.64. The number of benzene rings is 2. The number of ether oxygens (including phenoxy) is 1. The SMILES string of the molecule is Cc1ccc(C(=O)N(CCN2CCOCC2)C2CC(=O)N(c3ccc(S(N)(=O)=O)cc3)C2=O)cc1. The van der Waals surface area contributed by atoms with E-state index in [9.17, 15) is 22.8 Å². The summed E-state index contributed by atoms with van der Waals surface area (Å²) in [5.41, 5.74) is 1.67. The van der Waals surface area contributed by atoms with Gasteiger partial charge in [0.2, 0.25) is 15.9 Å². The highest BCUT2D eigenvalue weighted by Gasteiger charge is 2.44. The van der Waals surface area contributed by atoms with Gasteiger partial charge in [-0.25, -0.2) is 18.5 Å². The predicted octanol–water partition coefficient (Wildman–Crippen LogP) is 0.749. The highest BCUT2D eigenvalue weighted by Crippen LogP contribution is 2.27. The molecule has 0 saturated carbocycles. The molecule has 2 heterocycles. The number of primary sulfonamides is 1. The summed E-state index contributed by atoms with van der Waals surface area (Å²) in [6, 6.07) is 11.3. The first-order valence-electron chi connectivity index (χ1n) is 11.3. The maximum Gasteiger partial charge on any atom is 0.257 e. The van der Waals surface area contributed by atoms with Crippen molar-refractivity contribution in [3.63, 3.8) is 0 Å². The molecule has 0 aromatic heterocycles. The summed E-state index contributed by atoms with van der Waals surface area (Å²) in [7, 11) is -3.91. The fourth-order valence-electron chi connectivity index (χ4n) is 4.25. The normalized spacial score (nSPS) is 19.3. The van der Waals surface area contributed by atoms with Crippen molar-refractivity contribution in [2.75, 3.05) is 44.3 Å². The zero-order valence-corrected chi connectivity index (χ0v) is 20.2. The van der Waals surface area contributed by atoms with E-state index in [-0.39, 0.29) is 29.5 Å². The van der Waals surface area contributed by atoms with E-state index in [1.54, 1.807) is 12.1 Å². The van der Waals surface area contributed by atoms with E-state index < -0.39 is 27.9 Å². The van der Waals surface area contributed by atoms with Gasteiger partial charge in [-0.05, 0) is 43.3 Å². The lowest BCUT2D eigenvalue weighted by atomic mass is 10.1. The predicted molar refractivity (Wildman–Crippen MR) is 128 cm³/mol. The van der Waals surface area contributed by atoms with Gasteiger partial charge in [-0.15, -0.1) is 0 Å². The molecule has 0 spiro atoms. The van der Waals surface area contributed by atoms with Crippen molar-refractivity contribution in [3.05, 3.63) is 59.7 Å². The number of anilines is 1. The van der Waals surface area contributed by atoms with Crippen LogP contribution in [0.2, 0.25) is 0 Å². The average Bonchev–Trinajstić information content (AvgIpc) is 3.13. The largest absolute Gasteiger partial charge is 0.379 e. The Labute approximate surface area is 204 Å². The molecule has 1 atom stereocenters. The van der Waals surface area contributed by atoms with Crippen LogP contribution in [-0.4, -0.2) is 81.4 Å². The van der Waals surface area contributed by atoms with Crippen LogP contribution in [0.1, 0.15) is 22.3 Å². The topological polar surface area (TPSA) is 130 Å². The van der Waals surface area contributed by atoms with Gasteiger partial charge in [0.05, 0.1) is 30.2 Å². The van der Waals surface area contributed by atoms with Gasteiger partial charge in [0.1, 0.15) is 6.04 Å². The number of nitrogens with two attached hydrogens (primary N) is 1. The molecule has 2 aliphatic heterocycles. The molecule has 0 radical (unpaired) electrons. The van der Waals surface area contributed by atoms with E-state index in [4.69, 9.17) is 9.88 Å². The second kappa shape index (κ2) is 10.2. The van der Waals surface area contributed by atoms with Crippen LogP contribution in [0, 0.1) is 6.92 Å². The fraction of sp³-hybridized carbons (Fsp3) is 0.375. The number of carbonyl (C=O) groups is 3. The van der Waals surface area contributed by atoms with E-state index >= 15 is 0 Å². The van der Waals surface area contributed by atoms with Crippen molar-refractivity contribution in [2.24, 2.45) is 5.14 Å². The standard InChI is InChI=1S/C24H28N4O6S/c1-17-2-4-18(5-3-17)23(30)27(11-10-26-12-14-34-15-13-26)21-16-22(29)28(24(21)31)19-6-8-20(9-7-19)35(25,32)33/h2-9,21H,10-16H2,1H3,(H2,25,32,33). The van der Waals surface area contributed by atoms with Gasteiger partial charge in [0.15, 0.2) is 0 Å². The van der Waals surface area contributed by atoms with Crippen LogP contribution in [0.5, 0.6) is 0 Å². The molecule has 2 aromatic carbocycles. The van der Waals surface area contributed by atoms with Crippen LogP contribution in [-0.2, 0) is 24.3 Å². The fourth-order valence-corrected chi connectivity index (χ4v) is 4.77. The zero-order chi connectivity index (χ0) is 25.2. The minimum Gasteiger partial charge on any atom is -0.379 e. The molecule has 0 aliphatic carbocycles. The molecule has 3 amide bonds. The molecule has 1 unspecified atom stereocenters. The van der Waals surface area contributed by atoms with E-state index in [1.165, 1.54) is 29.2 Å². The van der Waals surface area contributed by atoms with Crippen molar-refractivity contribution in [2.45, 2.75) is 24.3 Å². The van der Waals surface area contributed by atoms with E-state index in [0.717, 1.165) is 23.6 Å². The molecule has 186 valence electrons. The first-order chi connectivity index (χ1) is 16.6. The molecule has 2 aromatic rings. The first kappa shape index (κ1) is 25.0. The monoisotopic (exact) mass is 500 g/mol. The molecule has 4 rings (SSSR count). The number of nitrogens with zero attached hydrogens (tertiary/aromatic N) is 3. The van der Waals surface area contributed by atoms with Crippen LogP contribution in [0.4, 0.5) is 5.69 Å². The van der Waals surface area contributed by atoms with Crippen LogP contribution >= 0.6 is 0 Å². The zero-order valence-electron chi connectivity index (χ0n) is 19.4. The number of rotatable bonds is 7.